The van der Waals surface area contributed by atoms with Crippen LogP contribution in [0.4, 0.5) is 11.4 Å². The zero-order chi connectivity index (χ0) is 15.8. The van der Waals surface area contributed by atoms with Crippen molar-refractivity contribution in [1.82, 2.24) is 0 Å². The summed E-state index contributed by atoms with van der Waals surface area (Å²) in [4.78, 5) is 10.3. The van der Waals surface area contributed by atoms with Crippen LogP contribution >= 0.6 is 11.6 Å². The fourth-order valence-electron chi connectivity index (χ4n) is 3.93. The molecule has 0 aliphatic heterocycles. The summed E-state index contributed by atoms with van der Waals surface area (Å²) >= 11 is 5.97. The minimum absolute atomic E-state index is 0.0495. The van der Waals surface area contributed by atoms with Gasteiger partial charge in [-0.15, -0.1) is 0 Å². The molecule has 0 saturated heterocycles. The van der Waals surface area contributed by atoms with Crippen LogP contribution in [0.15, 0.2) is 18.2 Å². The lowest BCUT2D eigenvalue weighted by Gasteiger charge is -2.45. The highest BCUT2D eigenvalue weighted by Gasteiger charge is 2.38. The van der Waals surface area contributed by atoms with Crippen molar-refractivity contribution in [3.8, 4) is 0 Å². The molecule has 0 spiro atoms. The van der Waals surface area contributed by atoms with Crippen LogP contribution < -0.4 is 5.32 Å². The summed E-state index contributed by atoms with van der Waals surface area (Å²) in [5, 5.41) is 14.5. The number of rotatable bonds is 3. The average molecular weight is 311 g/mol. The van der Waals surface area contributed by atoms with Crippen LogP contribution in [0.3, 0.4) is 0 Å². The van der Waals surface area contributed by atoms with E-state index in [0.717, 1.165) is 18.5 Å². The molecule has 0 unspecified atom stereocenters. The number of hydrogen-bond acceptors (Lipinski definition) is 3. The standard InChI is InChI=1S/C16H23ClN2O2/c1-15(2)8-12(9-16(3,4)10-15)18-11-5-6-14(19(20)21)13(17)7-11/h5-7,12,18H,8-10H2,1-4H3. The highest BCUT2D eigenvalue weighted by molar-refractivity contribution is 6.32. The van der Waals surface area contributed by atoms with Crippen molar-refractivity contribution in [2.24, 2.45) is 10.8 Å². The van der Waals surface area contributed by atoms with Gasteiger partial charge < -0.3 is 5.32 Å². The van der Waals surface area contributed by atoms with Gasteiger partial charge in [0, 0.05) is 17.8 Å². The Kier molecular flexibility index (Phi) is 4.20. The Morgan fingerprint density at radius 3 is 2.29 bits per heavy atom. The number of nitro benzene ring substituents is 1. The number of halogens is 1. The Hall–Kier alpha value is -1.29. The molecule has 1 aliphatic carbocycles. The molecule has 0 aromatic heterocycles. The maximum absolute atomic E-state index is 10.8. The summed E-state index contributed by atoms with van der Waals surface area (Å²) in [5.74, 6) is 0. The summed E-state index contributed by atoms with van der Waals surface area (Å²) in [6.45, 7) is 9.19. The smallest absolute Gasteiger partial charge is 0.288 e. The third-order valence-electron chi connectivity index (χ3n) is 4.07. The molecule has 1 saturated carbocycles. The third-order valence-corrected chi connectivity index (χ3v) is 4.37. The molecule has 4 nitrogen and oxygen atoms in total. The van der Waals surface area contributed by atoms with Crippen LogP contribution in [-0.2, 0) is 0 Å². The molecule has 1 N–H and O–H groups in total. The van der Waals surface area contributed by atoms with E-state index < -0.39 is 4.92 Å². The van der Waals surface area contributed by atoms with Gasteiger partial charge in [-0.2, -0.15) is 0 Å². The van der Waals surface area contributed by atoms with Crippen molar-refractivity contribution in [3.63, 3.8) is 0 Å². The van der Waals surface area contributed by atoms with E-state index in [4.69, 9.17) is 11.6 Å². The molecule has 2 rings (SSSR count). The van der Waals surface area contributed by atoms with Gasteiger partial charge in [0.1, 0.15) is 5.02 Å². The van der Waals surface area contributed by atoms with E-state index in [9.17, 15) is 10.1 Å². The zero-order valence-electron chi connectivity index (χ0n) is 13.1. The number of nitrogens with zero attached hydrogens (tertiary/aromatic N) is 1. The summed E-state index contributed by atoms with van der Waals surface area (Å²) in [6.07, 6.45) is 3.38. The van der Waals surface area contributed by atoms with E-state index in [2.05, 4.69) is 33.0 Å². The highest BCUT2D eigenvalue weighted by Crippen LogP contribution is 2.46. The maximum Gasteiger partial charge on any atom is 0.288 e. The van der Waals surface area contributed by atoms with Crippen LogP contribution in [0.25, 0.3) is 0 Å². The Balaban J connectivity index is 2.14. The van der Waals surface area contributed by atoms with E-state index in [1.165, 1.54) is 12.5 Å². The largest absolute Gasteiger partial charge is 0.382 e. The van der Waals surface area contributed by atoms with Crippen molar-refractivity contribution in [1.29, 1.82) is 0 Å². The molecule has 116 valence electrons. The molecular weight excluding hydrogens is 288 g/mol. The van der Waals surface area contributed by atoms with Gasteiger partial charge in [-0.25, -0.2) is 0 Å². The Labute approximate surface area is 131 Å². The lowest BCUT2D eigenvalue weighted by atomic mass is 9.63. The Morgan fingerprint density at radius 1 is 1.24 bits per heavy atom. The van der Waals surface area contributed by atoms with Crippen molar-refractivity contribution < 1.29 is 4.92 Å². The minimum atomic E-state index is -0.459. The summed E-state index contributed by atoms with van der Waals surface area (Å²) in [5.41, 5.74) is 1.39. The van der Waals surface area contributed by atoms with E-state index in [1.54, 1.807) is 12.1 Å². The maximum atomic E-state index is 10.8. The first-order valence-electron chi connectivity index (χ1n) is 7.29. The second kappa shape index (κ2) is 5.48. The van der Waals surface area contributed by atoms with Gasteiger partial charge in [0.05, 0.1) is 4.92 Å². The molecule has 0 radical (unpaired) electrons. The molecule has 0 atom stereocenters. The number of anilines is 1. The van der Waals surface area contributed by atoms with Crippen LogP contribution in [0.2, 0.25) is 5.02 Å². The predicted molar refractivity (Wildman–Crippen MR) is 86.9 cm³/mol. The van der Waals surface area contributed by atoms with Crippen molar-refractivity contribution in [2.75, 3.05) is 5.32 Å². The average Bonchev–Trinajstić information content (AvgIpc) is 2.23. The van der Waals surface area contributed by atoms with E-state index in [1.807, 2.05) is 0 Å². The Bertz CT molecular complexity index is 539. The van der Waals surface area contributed by atoms with Gasteiger partial charge >= 0.3 is 0 Å². The molecule has 0 amide bonds. The first kappa shape index (κ1) is 16.1. The molecule has 0 bridgehead atoms. The molecule has 21 heavy (non-hydrogen) atoms. The number of benzene rings is 1. The second-order valence-corrected chi connectivity index (χ2v) is 8.09. The quantitative estimate of drug-likeness (QED) is 0.611. The molecule has 1 aliphatic rings. The van der Waals surface area contributed by atoms with E-state index >= 15 is 0 Å². The van der Waals surface area contributed by atoms with Crippen molar-refractivity contribution >= 4 is 23.0 Å². The van der Waals surface area contributed by atoms with Gasteiger partial charge in [0.15, 0.2) is 0 Å². The number of nitro groups is 1. The molecule has 5 heteroatoms. The van der Waals surface area contributed by atoms with E-state index in [-0.39, 0.29) is 10.7 Å². The van der Waals surface area contributed by atoms with E-state index in [0.29, 0.717) is 16.9 Å². The SMILES string of the molecule is CC1(C)CC(Nc2ccc([N+](=O)[O-])c(Cl)c2)CC(C)(C)C1. The lowest BCUT2D eigenvalue weighted by Crippen LogP contribution is -2.40. The van der Waals surface area contributed by atoms with Gasteiger partial charge in [-0.1, -0.05) is 39.3 Å². The molecular formula is C16H23ClN2O2. The summed E-state index contributed by atoms with van der Waals surface area (Å²) in [6, 6.07) is 5.21. The van der Waals surface area contributed by atoms with Crippen molar-refractivity contribution in [2.45, 2.75) is 53.0 Å². The topological polar surface area (TPSA) is 55.2 Å². The first-order valence-corrected chi connectivity index (χ1v) is 7.66. The summed E-state index contributed by atoms with van der Waals surface area (Å²) < 4.78 is 0. The van der Waals surface area contributed by atoms with Crippen LogP contribution in [0.5, 0.6) is 0 Å². The third kappa shape index (κ3) is 4.10. The molecule has 1 fully saturated rings. The molecule has 1 aromatic rings. The minimum Gasteiger partial charge on any atom is -0.382 e. The molecule has 0 heterocycles. The van der Waals surface area contributed by atoms with Gasteiger partial charge in [-0.05, 0) is 42.2 Å². The number of hydrogen-bond donors (Lipinski definition) is 1. The van der Waals surface area contributed by atoms with Gasteiger partial charge in [0.2, 0.25) is 0 Å². The fraction of sp³-hybridized carbons (Fsp3) is 0.625. The normalized spacial score (nSPS) is 21.0. The lowest BCUT2D eigenvalue weighted by molar-refractivity contribution is -0.384. The monoisotopic (exact) mass is 310 g/mol. The second-order valence-electron chi connectivity index (χ2n) is 7.68. The predicted octanol–water partition coefficient (Wildman–Crippen LogP) is 5.27. The van der Waals surface area contributed by atoms with Gasteiger partial charge in [0.25, 0.3) is 5.69 Å². The van der Waals surface area contributed by atoms with Crippen LogP contribution in [0.1, 0.15) is 47.0 Å². The molecule has 1 aromatic carbocycles. The van der Waals surface area contributed by atoms with Crippen LogP contribution in [0, 0.1) is 20.9 Å². The zero-order valence-corrected chi connectivity index (χ0v) is 13.8. The van der Waals surface area contributed by atoms with Gasteiger partial charge in [-0.3, -0.25) is 10.1 Å². The van der Waals surface area contributed by atoms with Crippen LogP contribution in [-0.4, -0.2) is 11.0 Å². The van der Waals surface area contributed by atoms with Crippen molar-refractivity contribution in [3.05, 3.63) is 33.3 Å². The number of nitrogens with one attached hydrogen (secondary N) is 1. The fourth-order valence-corrected chi connectivity index (χ4v) is 4.18. The first-order chi connectivity index (χ1) is 9.58. The Morgan fingerprint density at radius 2 is 1.81 bits per heavy atom. The highest BCUT2D eigenvalue weighted by atomic mass is 35.5. The summed E-state index contributed by atoms with van der Waals surface area (Å²) in [7, 11) is 0.